The molecule has 1 aliphatic heterocycles. The number of carbonyl (C=O) groups excluding carboxylic acids is 1. The van der Waals surface area contributed by atoms with Crippen LogP contribution >= 0.6 is 0 Å². The third-order valence-electron chi connectivity index (χ3n) is 2.41. The quantitative estimate of drug-likeness (QED) is 0.753. The highest BCUT2D eigenvalue weighted by molar-refractivity contribution is 5.84. The number of hydrogen-bond donors (Lipinski definition) is 0. The Morgan fingerprint density at radius 2 is 2.20 bits per heavy atom. The molecular formula is C12H14O3. The second-order valence-electron chi connectivity index (χ2n) is 3.57. The van der Waals surface area contributed by atoms with E-state index in [0.29, 0.717) is 6.61 Å². The molecule has 0 spiro atoms. The average Bonchev–Trinajstić information content (AvgIpc) is 2.81. The van der Waals surface area contributed by atoms with Crippen molar-refractivity contribution in [1.82, 2.24) is 0 Å². The van der Waals surface area contributed by atoms with E-state index in [1.807, 2.05) is 30.3 Å². The first-order valence-corrected chi connectivity index (χ1v) is 5.18. The van der Waals surface area contributed by atoms with Gasteiger partial charge in [0.2, 0.25) is 0 Å². The minimum Gasteiger partial charge on any atom is -0.486 e. The molecule has 0 aliphatic carbocycles. The summed E-state index contributed by atoms with van der Waals surface area (Å²) in [4.78, 5) is 11.6. The fraction of sp³-hybridized carbons (Fsp3) is 0.417. The zero-order valence-electron chi connectivity index (χ0n) is 8.52. The third-order valence-corrected chi connectivity index (χ3v) is 2.41. The molecule has 1 saturated heterocycles. The van der Waals surface area contributed by atoms with E-state index >= 15 is 0 Å². The molecule has 1 unspecified atom stereocenters. The molecule has 80 valence electrons. The van der Waals surface area contributed by atoms with Gasteiger partial charge in [0.15, 0.2) is 5.78 Å². The molecule has 1 heterocycles. The van der Waals surface area contributed by atoms with Crippen LogP contribution in [-0.4, -0.2) is 25.1 Å². The van der Waals surface area contributed by atoms with Gasteiger partial charge in [0.25, 0.3) is 0 Å². The fourth-order valence-corrected chi connectivity index (χ4v) is 1.60. The van der Waals surface area contributed by atoms with Crippen LogP contribution in [0.3, 0.4) is 0 Å². The predicted octanol–water partition coefficient (Wildman–Crippen LogP) is 1.81. The van der Waals surface area contributed by atoms with Gasteiger partial charge in [-0.3, -0.25) is 4.79 Å². The van der Waals surface area contributed by atoms with Gasteiger partial charge in [-0.15, -0.1) is 0 Å². The van der Waals surface area contributed by atoms with Crippen molar-refractivity contribution >= 4 is 5.78 Å². The van der Waals surface area contributed by atoms with Crippen LogP contribution in [-0.2, 0) is 9.53 Å². The maximum absolute atomic E-state index is 11.6. The Labute approximate surface area is 89.0 Å². The lowest BCUT2D eigenvalue weighted by Gasteiger charge is -2.09. The Balaban J connectivity index is 1.80. The van der Waals surface area contributed by atoms with Gasteiger partial charge in [0.1, 0.15) is 18.5 Å². The summed E-state index contributed by atoms with van der Waals surface area (Å²) in [5, 5.41) is 0. The Hall–Kier alpha value is -1.35. The lowest BCUT2D eigenvalue weighted by atomic mass is 10.2. The van der Waals surface area contributed by atoms with Gasteiger partial charge in [-0.1, -0.05) is 18.2 Å². The number of rotatable bonds is 4. The molecule has 0 radical (unpaired) electrons. The number of para-hydroxylation sites is 1. The molecule has 1 atom stereocenters. The summed E-state index contributed by atoms with van der Waals surface area (Å²) in [6, 6.07) is 9.35. The highest BCUT2D eigenvalue weighted by atomic mass is 16.5. The number of ether oxygens (including phenoxy) is 2. The van der Waals surface area contributed by atoms with E-state index in [1.165, 1.54) is 0 Å². The van der Waals surface area contributed by atoms with Crippen LogP contribution < -0.4 is 4.74 Å². The fourth-order valence-electron chi connectivity index (χ4n) is 1.60. The number of benzene rings is 1. The molecular weight excluding hydrogens is 192 g/mol. The van der Waals surface area contributed by atoms with Crippen molar-refractivity contribution in [3.8, 4) is 5.75 Å². The molecule has 1 fully saturated rings. The zero-order valence-corrected chi connectivity index (χ0v) is 8.52. The van der Waals surface area contributed by atoms with E-state index in [0.717, 1.165) is 18.6 Å². The Bertz CT molecular complexity index is 315. The van der Waals surface area contributed by atoms with Crippen LogP contribution in [0.2, 0.25) is 0 Å². The van der Waals surface area contributed by atoms with E-state index in [2.05, 4.69) is 0 Å². The van der Waals surface area contributed by atoms with Gasteiger partial charge < -0.3 is 9.47 Å². The van der Waals surface area contributed by atoms with Gasteiger partial charge >= 0.3 is 0 Å². The van der Waals surface area contributed by atoms with Gasteiger partial charge in [-0.05, 0) is 25.0 Å². The molecule has 0 N–H and O–H groups in total. The summed E-state index contributed by atoms with van der Waals surface area (Å²) < 4.78 is 10.6. The van der Waals surface area contributed by atoms with E-state index in [4.69, 9.17) is 9.47 Å². The molecule has 0 bridgehead atoms. The van der Waals surface area contributed by atoms with Crippen molar-refractivity contribution in [1.29, 1.82) is 0 Å². The minimum absolute atomic E-state index is 0.0383. The summed E-state index contributed by atoms with van der Waals surface area (Å²) in [5.41, 5.74) is 0. The molecule has 1 aromatic carbocycles. The number of hydrogen-bond acceptors (Lipinski definition) is 3. The molecule has 3 nitrogen and oxygen atoms in total. The van der Waals surface area contributed by atoms with Crippen molar-refractivity contribution in [2.24, 2.45) is 0 Å². The second-order valence-corrected chi connectivity index (χ2v) is 3.57. The summed E-state index contributed by atoms with van der Waals surface area (Å²) in [6.45, 7) is 0.802. The van der Waals surface area contributed by atoms with Crippen LogP contribution in [0, 0.1) is 0 Å². The molecule has 0 amide bonds. The van der Waals surface area contributed by atoms with Gasteiger partial charge in [0, 0.05) is 6.61 Å². The Morgan fingerprint density at radius 3 is 2.87 bits per heavy atom. The first-order valence-electron chi connectivity index (χ1n) is 5.18. The molecule has 0 saturated carbocycles. The van der Waals surface area contributed by atoms with Crippen molar-refractivity contribution < 1.29 is 14.3 Å². The molecule has 0 aromatic heterocycles. The van der Waals surface area contributed by atoms with Crippen LogP contribution in [0.4, 0.5) is 0 Å². The summed E-state index contributed by atoms with van der Waals surface area (Å²) in [7, 11) is 0. The topological polar surface area (TPSA) is 35.5 Å². The lowest BCUT2D eigenvalue weighted by molar-refractivity contribution is -0.129. The predicted molar refractivity (Wildman–Crippen MR) is 55.9 cm³/mol. The number of ketones is 1. The zero-order chi connectivity index (χ0) is 10.5. The highest BCUT2D eigenvalue weighted by Crippen LogP contribution is 2.14. The maximum atomic E-state index is 11.6. The standard InChI is InChI=1S/C12H14O3/c13-11(12-7-4-8-14-12)9-15-10-5-2-1-3-6-10/h1-3,5-6,12H,4,7-9H2. The lowest BCUT2D eigenvalue weighted by Crippen LogP contribution is -2.25. The SMILES string of the molecule is O=C(COc1ccccc1)C1CCCO1. The van der Waals surface area contributed by atoms with Gasteiger partial charge in [-0.25, -0.2) is 0 Å². The molecule has 3 heteroatoms. The smallest absolute Gasteiger partial charge is 0.198 e. The largest absolute Gasteiger partial charge is 0.486 e. The van der Waals surface area contributed by atoms with Gasteiger partial charge in [-0.2, -0.15) is 0 Å². The average molecular weight is 206 g/mol. The third kappa shape index (κ3) is 2.80. The first kappa shape index (κ1) is 10.2. The summed E-state index contributed by atoms with van der Waals surface area (Å²) >= 11 is 0. The van der Waals surface area contributed by atoms with Crippen LogP contribution in [0.25, 0.3) is 0 Å². The molecule has 1 aromatic rings. The van der Waals surface area contributed by atoms with Crippen LogP contribution in [0.1, 0.15) is 12.8 Å². The van der Waals surface area contributed by atoms with E-state index in [-0.39, 0.29) is 18.5 Å². The summed E-state index contributed by atoms with van der Waals surface area (Å²) in [5.74, 6) is 0.764. The van der Waals surface area contributed by atoms with E-state index < -0.39 is 0 Å². The minimum atomic E-state index is -0.242. The van der Waals surface area contributed by atoms with E-state index in [1.54, 1.807) is 0 Å². The first-order chi connectivity index (χ1) is 7.36. The van der Waals surface area contributed by atoms with Crippen molar-refractivity contribution in [3.05, 3.63) is 30.3 Å². The van der Waals surface area contributed by atoms with Crippen LogP contribution in [0.15, 0.2) is 30.3 Å². The molecule has 15 heavy (non-hydrogen) atoms. The van der Waals surface area contributed by atoms with Crippen molar-refractivity contribution in [3.63, 3.8) is 0 Å². The van der Waals surface area contributed by atoms with Gasteiger partial charge in [0.05, 0.1) is 0 Å². The van der Waals surface area contributed by atoms with Crippen molar-refractivity contribution in [2.45, 2.75) is 18.9 Å². The maximum Gasteiger partial charge on any atom is 0.198 e. The Morgan fingerprint density at radius 1 is 1.40 bits per heavy atom. The molecule has 2 rings (SSSR count). The number of Topliss-reactive ketones (excluding diaryl/α,β-unsaturated/α-hetero) is 1. The van der Waals surface area contributed by atoms with E-state index in [9.17, 15) is 4.79 Å². The second kappa shape index (κ2) is 4.94. The summed E-state index contributed by atoms with van der Waals surface area (Å²) in [6.07, 6.45) is 1.56. The monoisotopic (exact) mass is 206 g/mol. The van der Waals surface area contributed by atoms with Crippen molar-refractivity contribution in [2.75, 3.05) is 13.2 Å². The highest BCUT2D eigenvalue weighted by Gasteiger charge is 2.23. The normalized spacial score (nSPS) is 20.1. The van der Waals surface area contributed by atoms with Crippen LogP contribution in [0.5, 0.6) is 5.75 Å². The Kier molecular flexibility index (Phi) is 3.35. The molecule has 1 aliphatic rings. The number of carbonyl (C=O) groups is 1.